The van der Waals surface area contributed by atoms with Gasteiger partial charge in [-0.1, -0.05) is 245 Å². The summed E-state index contributed by atoms with van der Waals surface area (Å²) in [6, 6.07) is 0. The van der Waals surface area contributed by atoms with Gasteiger partial charge in [0, 0.05) is 13.0 Å². The predicted molar refractivity (Wildman–Crippen MR) is 230 cm³/mol. The third-order valence-electron chi connectivity index (χ3n) is 10.9. The van der Waals surface area contributed by atoms with Crippen molar-refractivity contribution < 1.29 is 33.1 Å². The topological polar surface area (TPSA) is 102 Å². The number of phosphoric ester groups is 1. The molecule has 0 saturated carbocycles. The monoisotopic (exact) mass is 789 g/mol. The van der Waals surface area contributed by atoms with Crippen LogP contribution in [0.1, 0.15) is 264 Å². The van der Waals surface area contributed by atoms with Crippen LogP contribution < -0.4 is 0 Å². The summed E-state index contributed by atoms with van der Waals surface area (Å²) < 4.78 is 27.1. The van der Waals surface area contributed by atoms with Crippen molar-refractivity contribution in [1.29, 1.82) is 0 Å². The van der Waals surface area contributed by atoms with Crippen LogP contribution in [0.5, 0.6) is 0 Å². The Morgan fingerprint density at radius 2 is 0.704 bits per heavy atom. The lowest BCUT2D eigenvalue weighted by Gasteiger charge is -2.18. The SMILES string of the molecule is CCCCCCCCCCCCCCCCCCCCCCC(=O)O[C@H](COCCCCCCCCCCCCCCCCCCCC)COP(=O)(O)O. The third-order valence-corrected chi connectivity index (χ3v) is 11.4. The minimum atomic E-state index is -4.65. The molecule has 0 radical (unpaired) electrons. The van der Waals surface area contributed by atoms with E-state index in [1.807, 2.05) is 0 Å². The van der Waals surface area contributed by atoms with Crippen molar-refractivity contribution in [2.24, 2.45) is 0 Å². The maximum atomic E-state index is 12.5. The molecule has 0 aliphatic heterocycles. The van der Waals surface area contributed by atoms with Crippen LogP contribution in [0.4, 0.5) is 0 Å². The van der Waals surface area contributed by atoms with E-state index >= 15 is 0 Å². The number of hydrogen-bond donors (Lipinski definition) is 2. The van der Waals surface area contributed by atoms with Gasteiger partial charge in [-0.25, -0.2) is 4.57 Å². The summed E-state index contributed by atoms with van der Waals surface area (Å²) in [5, 5.41) is 0. The van der Waals surface area contributed by atoms with E-state index in [2.05, 4.69) is 18.4 Å². The first kappa shape index (κ1) is 53.5. The Hall–Kier alpha value is -0.460. The van der Waals surface area contributed by atoms with Gasteiger partial charge < -0.3 is 19.3 Å². The molecule has 0 amide bonds. The van der Waals surface area contributed by atoms with Crippen molar-refractivity contribution >= 4 is 13.8 Å². The van der Waals surface area contributed by atoms with Crippen LogP contribution in [0.25, 0.3) is 0 Å². The second kappa shape index (κ2) is 43.7. The molecular weight excluding hydrogens is 695 g/mol. The van der Waals surface area contributed by atoms with Crippen LogP contribution in [0.3, 0.4) is 0 Å². The minimum Gasteiger partial charge on any atom is -0.457 e. The second-order valence-corrected chi connectivity index (χ2v) is 17.7. The largest absolute Gasteiger partial charge is 0.469 e. The van der Waals surface area contributed by atoms with E-state index in [1.54, 1.807) is 0 Å². The molecule has 7 nitrogen and oxygen atoms in total. The van der Waals surface area contributed by atoms with E-state index < -0.39 is 13.9 Å². The molecule has 2 N–H and O–H groups in total. The molecular formula is C46H93O7P. The van der Waals surface area contributed by atoms with Crippen LogP contribution in [-0.4, -0.2) is 41.7 Å². The molecule has 324 valence electrons. The summed E-state index contributed by atoms with van der Waals surface area (Å²) in [5.74, 6) is -0.353. The summed E-state index contributed by atoms with van der Waals surface area (Å²) >= 11 is 0. The lowest BCUT2D eigenvalue weighted by molar-refractivity contribution is -0.154. The van der Waals surface area contributed by atoms with Crippen LogP contribution >= 0.6 is 7.82 Å². The molecule has 0 spiro atoms. The molecule has 0 aliphatic rings. The van der Waals surface area contributed by atoms with Gasteiger partial charge in [0.2, 0.25) is 0 Å². The highest BCUT2D eigenvalue weighted by Crippen LogP contribution is 2.36. The first-order valence-corrected chi connectivity index (χ1v) is 25.4. The number of ether oxygens (including phenoxy) is 2. The van der Waals surface area contributed by atoms with Crippen LogP contribution in [-0.2, 0) is 23.4 Å². The molecule has 0 aromatic rings. The predicted octanol–water partition coefficient (Wildman–Crippen LogP) is 15.3. The van der Waals surface area contributed by atoms with E-state index in [9.17, 15) is 9.36 Å². The molecule has 0 fully saturated rings. The smallest absolute Gasteiger partial charge is 0.457 e. The Morgan fingerprint density at radius 3 is 1.00 bits per heavy atom. The quantitative estimate of drug-likeness (QED) is 0.0360. The van der Waals surface area contributed by atoms with Crippen molar-refractivity contribution in [2.75, 3.05) is 19.8 Å². The molecule has 1 atom stereocenters. The van der Waals surface area contributed by atoms with Gasteiger partial charge in [0.25, 0.3) is 0 Å². The molecule has 0 aliphatic carbocycles. The Morgan fingerprint density at radius 1 is 0.426 bits per heavy atom. The Labute approximate surface area is 336 Å². The average Bonchev–Trinajstić information content (AvgIpc) is 3.15. The first-order valence-electron chi connectivity index (χ1n) is 23.9. The van der Waals surface area contributed by atoms with Gasteiger partial charge >= 0.3 is 13.8 Å². The first-order chi connectivity index (χ1) is 26.4. The van der Waals surface area contributed by atoms with Gasteiger partial charge in [-0.2, -0.15) is 0 Å². The standard InChI is InChI=1S/C46H93O7P/c1-3-5-7-9-11-13-15-17-19-21-23-24-25-27-29-31-33-35-37-39-41-46(47)53-45(44-52-54(48,49)50)43-51-42-40-38-36-34-32-30-28-26-22-20-18-16-14-12-10-8-6-4-2/h45H,3-44H2,1-2H3,(H2,48,49,50)/t45-/m1/s1. The molecule has 0 rings (SSSR count). The van der Waals surface area contributed by atoms with Crippen molar-refractivity contribution in [1.82, 2.24) is 0 Å². The van der Waals surface area contributed by atoms with Gasteiger partial charge in [0.15, 0.2) is 0 Å². The Bertz CT molecular complexity index is 789. The number of unbranched alkanes of at least 4 members (excludes halogenated alkanes) is 36. The fourth-order valence-electron chi connectivity index (χ4n) is 7.39. The lowest BCUT2D eigenvalue weighted by atomic mass is 10.0. The molecule has 0 heterocycles. The summed E-state index contributed by atoms with van der Waals surface area (Å²) in [4.78, 5) is 30.7. The summed E-state index contributed by atoms with van der Waals surface area (Å²) in [5.41, 5.74) is 0. The van der Waals surface area contributed by atoms with Crippen molar-refractivity contribution in [3.05, 3.63) is 0 Å². The summed E-state index contributed by atoms with van der Waals surface area (Å²) in [6.45, 7) is 4.82. The molecule has 8 heteroatoms. The number of hydrogen-bond acceptors (Lipinski definition) is 5. The Balaban J connectivity index is 3.68. The summed E-state index contributed by atoms with van der Waals surface area (Å²) in [7, 11) is -4.65. The van der Waals surface area contributed by atoms with E-state index in [0.717, 1.165) is 32.1 Å². The van der Waals surface area contributed by atoms with E-state index in [4.69, 9.17) is 19.3 Å². The molecule has 0 aromatic heterocycles. The van der Waals surface area contributed by atoms with Gasteiger partial charge in [-0.3, -0.25) is 9.32 Å². The zero-order valence-corrected chi connectivity index (χ0v) is 37.1. The summed E-state index contributed by atoms with van der Waals surface area (Å²) in [6.07, 6.45) is 49.7. The fraction of sp³-hybridized carbons (Fsp3) is 0.978. The van der Waals surface area contributed by atoms with Gasteiger partial charge in [0.1, 0.15) is 6.10 Å². The normalized spacial score (nSPS) is 12.4. The highest BCUT2D eigenvalue weighted by molar-refractivity contribution is 7.46. The molecule has 54 heavy (non-hydrogen) atoms. The van der Waals surface area contributed by atoms with Crippen molar-refractivity contribution in [3.63, 3.8) is 0 Å². The maximum Gasteiger partial charge on any atom is 0.469 e. The highest BCUT2D eigenvalue weighted by Gasteiger charge is 2.21. The van der Waals surface area contributed by atoms with Crippen molar-refractivity contribution in [3.8, 4) is 0 Å². The van der Waals surface area contributed by atoms with Crippen LogP contribution in [0.15, 0.2) is 0 Å². The zero-order chi connectivity index (χ0) is 39.5. The Kier molecular flexibility index (Phi) is 43.3. The minimum absolute atomic E-state index is 0.0873. The molecule has 0 bridgehead atoms. The third kappa shape index (κ3) is 45.9. The number of phosphoric acid groups is 1. The van der Waals surface area contributed by atoms with E-state index in [1.165, 1.54) is 212 Å². The fourth-order valence-corrected chi connectivity index (χ4v) is 7.75. The van der Waals surface area contributed by atoms with Gasteiger partial charge in [0.05, 0.1) is 13.2 Å². The molecule has 0 saturated heterocycles. The van der Waals surface area contributed by atoms with Crippen LogP contribution in [0, 0.1) is 0 Å². The number of rotatable bonds is 46. The van der Waals surface area contributed by atoms with E-state index in [0.29, 0.717) is 13.0 Å². The van der Waals surface area contributed by atoms with Gasteiger partial charge in [-0.15, -0.1) is 0 Å². The van der Waals surface area contributed by atoms with Crippen molar-refractivity contribution in [2.45, 2.75) is 270 Å². The average molecular weight is 789 g/mol. The second-order valence-electron chi connectivity index (χ2n) is 16.5. The zero-order valence-electron chi connectivity index (χ0n) is 36.2. The highest BCUT2D eigenvalue weighted by atomic mass is 31.2. The molecule has 0 aromatic carbocycles. The van der Waals surface area contributed by atoms with Crippen LogP contribution in [0.2, 0.25) is 0 Å². The maximum absolute atomic E-state index is 12.5. The van der Waals surface area contributed by atoms with E-state index in [-0.39, 0.29) is 19.2 Å². The van der Waals surface area contributed by atoms with Gasteiger partial charge in [-0.05, 0) is 12.8 Å². The molecule has 0 unspecified atom stereocenters. The number of esters is 1. The number of carbonyl (C=O) groups is 1. The number of carbonyl (C=O) groups excluding carboxylic acids is 1. The lowest BCUT2D eigenvalue weighted by Crippen LogP contribution is -2.28.